The van der Waals surface area contributed by atoms with E-state index in [0.717, 1.165) is 37.1 Å². The molecule has 0 aliphatic carbocycles. The number of fused-ring (bicyclic) bond motifs is 1. The first-order valence-electron chi connectivity index (χ1n) is 8.76. The maximum Gasteiger partial charge on any atom is 0.194 e. The second kappa shape index (κ2) is 5.80. The molecule has 1 fully saturated rings. The van der Waals surface area contributed by atoms with Gasteiger partial charge in [-0.05, 0) is 26.7 Å². The smallest absolute Gasteiger partial charge is 0.194 e. The van der Waals surface area contributed by atoms with Crippen molar-refractivity contribution in [1.29, 1.82) is 0 Å². The third kappa shape index (κ3) is 2.72. The third-order valence-electron chi connectivity index (χ3n) is 5.94. The molecule has 6 heteroatoms. The maximum absolute atomic E-state index is 4.48. The van der Waals surface area contributed by atoms with Crippen molar-refractivity contribution in [2.75, 3.05) is 13.6 Å². The fourth-order valence-electron chi connectivity index (χ4n) is 3.53. The lowest BCUT2D eigenvalue weighted by molar-refractivity contribution is -0.0668. The summed E-state index contributed by atoms with van der Waals surface area (Å²) in [7, 11) is 1.86. The number of aliphatic imine (C=N–C) groups is 1. The Morgan fingerprint density at radius 1 is 1.17 bits per heavy atom. The summed E-state index contributed by atoms with van der Waals surface area (Å²) in [6.07, 6.45) is 4.79. The molecule has 6 nitrogen and oxygen atoms in total. The summed E-state index contributed by atoms with van der Waals surface area (Å²) in [4.78, 5) is 6.83. The Hall–Kier alpha value is -1.59. The first kappa shape index (κ1) is 16.3. The highest BCUT2D eigenvalue weighted by molar-refractivity contribution is 5.81. The van der Waals surface area contributed by atoms with Crippen LogP contribution in [0, 0.1) is 5.41 Å². The Morgan fingerprint density at radius 2 is 1.96 bits per heavy atom. The van der Waals surface area contributed by atoms with Gasteiger partial charge < -0.3 is 14.8 Å². The van der Waals surface area contributed by atoms with Crippen LogP contribution in [0.3, 0.4) is 0 Å². The average Bonchev–Trinajstić information content (AvgIpc) is 2.74. The molecule has 1 aromatic heterocycles. The lowest BCUT2D eigenvalue weighted by Gasteiger charge is -2.62. The largest absolute Gasteiger partial charge is 0.349 e. The molecule has 0 unspecified atom stereocenters. The number of likely N-dealkylation sites (tertiary alicyclic amines) is 1. The Kier molecular flexibility index (Phi) is 4.10. The zero-order chi connectivity index (χ0) is 16.7. The number of hydrogen-bond donors (Lipinski definition) is 1. The highest BCUT2D eigenvalue weighted by Crippen LogP contribution is 2.46. The van der Waals surface area contributed by atoms with Gasteiger partial charge in [0.05, 0.1) is 6.54 Å². The lowest BCUT2D eigenvalue weighted by Crippen LogP contribution is -2.72. The molecule has 0 spiro atoms. The molecule has 0 saturated carbocycles. The molecule has 2 aliphatic heterocycles. The van der Waals surface area contributed by atoms with E-state index >= 15 is 0 Å². The molecular weight excluding hydrogens is 288 g/mol. The minimum Gasteiger partial charge on any atom is -0.349 e. The number of aromatic nitrogens is 3. The van der Waals surface area contributed by atoms with Crippen molar-refractivity contribution in [1.82, 2.24) is 25.0 Å². The molecule has 0 radical (unpaired) electrons. The molecule has 0 amide bonds. The van der Waals surface area contributed by atoms with Crippen LogP contribution in [-0.2, 0) is 19.5 Å². The van der Waals surface area contributed by atoms with E-state index < -0.39 is 0 Å². The summed E-state index contributed by atoms with van der Waals surface area (Å²) < 4.78 is 2.29. The van der Waals surface area contributed by atoms with E-state index in [1.165, 1.54) is 19.3 Å². The van der Waals surface area contributed by atoms with Gasteiger partial charge in [0.2, 0.25) is 0 Å². The summed E-state index contributed by atoms with van der Waals surface area (Å²) in [5.74, 6) is 3.13. The number of aryl methyl sites for hydroxylation is 1. The Labute approximate surface area is 139 Å². The van der Waals surface area contributed by atoms with Crippen molar-refractivity contribution in [3.63, 3.8) is 0 Å². The van der Waals surface area contributed by atoms with Gasteiger partial charge in [-0.2, -0.15) is 0 Å². The molecule has 2 aliphatic rings. The summed E-state index contributed by atoms with van der Waals surface area (Å²) in [6, 6.07) is 0. The van der Waals surface area contributed by atoms with Gasteiger partial charge in [-0.15, -0.1) is 10.2 Å². The van der Waals surface area contributed by atoms with E-state index in [2.05, 4.69) is 57.7 Å². The molecule has 1 N–H and O–H groups in total. The molecular formula is C17H30N6. The van der Waals surface area contributed by atoms with Crippen LogP contribution in [0.25, 0.3) is 0 Å². The predicted octanol–water partition coefficient (Wildman–Crippen LogP) is 2.20. The van der Waals surface area contributed by atoms with Crippen LogP contribution in [-0.4, -0.2) is 44.8 Å². The zero-order valence-corrected chi connectivity index (χ0v) is 15.2. The van der Waals surface area contributed by atoms with Crippen molar-refractivity contribution in [3.8, 4) is 0 Å². The molecule has 0 atom stereocenters. The summed E-state index contributed by atoms with van der Waals surface area (Å²) in [5, 5.41) is 12.3. The first-order valence-corrected chi connectivity index (χ1v) is 8.76. The van der Waals surface area contributed by atoms with E-state index in [0.29, 0.717) is 12.0 Å². The van der Waals surface area contributed by atoms with Gasteiger partial charge in [0.15, 0.2) is 11.8 Å². The molecule has 3 rings (SSSR count). The Balaban J connectivity index is 1.67. The van der Waals surface area contributed by atoms with Crippen molar-refractivity contribution >= 4 is 5.96 Å². The number of nitrogens with zero attached hydrogens (tertiary/aromatic N) is 5. The minimum atomic E-state index is 0.108. The normalized spacial score (nSPS) is 23.0. The molecule has 0 bridgehead atoms. The van der Waals surface area contributed by atoms with Crippen LogP contribution in [0.1, 0.15) is 58.6 Å². The van der Waals surface area contributed by atoms with E-state index in [9.17, 15) is 0 Å². The van der Waals surface area contributed by atoms with Crippen LogP contribution in [0.15, 0.2) is 4.99 Å². The van der Waals surface area contributed by atoms with Gasteiger partial charge in [-0.25, -0.2) is 0 Å². The number of guanidine groups is 1. The van der Waals surface area contributed by atoms with Crippen LogP contribution in [0.2, 0.25) is 0 Å². The van der Waals surface area contributed by atoms with Crippen LogP contribution >= 0.6 is 0 Å². The van der Waals surface area contributed by atoms with Crippen molar-refractivity contribution < 1.29 is 0 Å². The molecule has 0 aromatic carbocycles. The van der Waals surface area contributed by atoms with E-state index in [1.807, 2.05) is 7.05 Å². The van der Waals surface area contributed by atoms with Gasteiger partial charge in [0, 0.05) is 37.5 Å². The van der Waals surface area contributed by atoms with Crippen LogP contribution < -0.4 is 5.32 Å². The second-order valence-electron chi connectivity index (χ2n) is 7.92. The molecule has 1 saturated heterocycles. The van der Waals surface area contributed by atoms with Gasteiger partial charge >= 0.3 is 0 Å². The van der Waals surface area contributed by atoms with Gasteiger partial charge in [-0.3, -0.25) is 4.99 Å². The Morgan fingerprint density at radius 3 is 2.61 bits per heavy atom. The summed E-state index contributed by atoms with van der Waals surface area (Å²) in [5.41, 5.74) is 0.410. The monoisotopic (exact) mass is 318 g/mol. The van der Waals surface area contributed by atoms with E-state index in [-0.39, 0.29) is 5.54 Å². The standard InChI is InChI=1S/C17H30N6/c1-16(2)12-23(17(16,3)4)15(18-5)19-11-14-21-20-13-9-7-6-8-10-22(13)14/h6-12H2,1-5H3,(H,18,19). The lowest BCUT2D eigenvalue weighted by atomic mass is 9.65. The third-order valence-corrected chi connectivity index (χ3v) is 5.94. The summed E-state index contributed by atoms with van der Waals surface area (Å²) in [6.45, 7) is 12.0. The van der Waals surface area contributed by atoms with Crippen LogP contribution in [0.5, 0.6) is 0 Å². The second-order valence-corrected chi connectivity index (χ2v) is 7.92. The highest BCUT2D eigenvalue weighted by Gasteiger charge is 2.53. The molecule has 23 heavy (non-hydrogen) atoms. The highest BCUT2D eigenvalue weighted by atomic mass is 15.4. The zero-order valence-electron chi connectivity index (χ0n) is 15.2. The molecule has 1 aromatic rings. The van der Waals surface area contributed by atoms with Gasteiger partial charge in [-0.1, -0.05) is 20.3 Å². The Bertz CT molecular complexity index is 598. The minimum absolute atomic E-state index is 0.108. The molecule has 128 valence electrons. The fraction of sp³-hybridized carbons (Fsp3) is 0.824. The van der Waals surface area contributed by atoms with Gasteiger partial charge in [0.25, 0.3) is 0 Å². The van der Waals surface area contributed by atoms with Crippen molar-refractivity contribution in [2.45, 2.75) is 72.0 Å². The van der Waals surface area contributed by atoms with Crippen molar-refractivity contribution in [2.24, 2.45) is 10.4 Å². The van der Waals surface area contributed by atoms with Gasteiger partial charge in [0.1, 0.15) is 5.82 Å². The maximum atomic E-state index is 4.48. The first-order chi connectivity index (χ1) is 10.9. The SMILES string of the molecule is CN=C(NCc1nnc2n1CCCCC2)N1CC(C)(C)C1(C)C. The van der Waals surface area contributed by atoms with Crippen molar-refractivity contribution in [3.05, 3.63) is 11.6 Å². The quantitative estimate of drug-likeness (QED) is 0.671. The van der Waals surface area contributed by atoms with E-state index in [4.69, 9.17) is 0 Å². The average molecular weight is 318 g/mol. The summed E-state index contributed by atoms with van der Waals surface area (Å²) >= 11 is 0. The topological polar surface area (TPSA) is 58.3 Å². The number of nitrogens with one attached hydrogen (secondary N) is 1. The number of rotatable bonds is 2. The predicted molar refractivity (Wildman–Crippen MR) is 92.3 cm³/mol. The van der Waals surface area contributed by atoms with Crippen LogP contribution in [0.4, 0.5) is 0 Å². The molecule has 3 heterocycles. The van der Waals surface area contributed by atoms with E-state index in [1.54, 1.807) is 0 Å². The number of hydrogen-bond acceptors (Lipinski definition) is 3. The fourth-order valence-corrected chi connectivity index (χ4v) is 3.53.